The molecule has 0 radical (unpaired) electrons. The topological polar surface area (TPSA) is 32.3 Å². The first-order valence-electron chi connectivity index (χ1n) is 5.26. The van der Waals surface area contributed by atoms with E-state index in [0.29, 0.717) is 5.70 Å². The molecule has 0 spiro atoms. The van der Waals surface area contributed by atoms with Crippen molar-refractivity contribution in [3.8, 4) is 0 Å². The minimum Gasteiger partial charge on any atom is -0.370 e. The van der Waals surface area contributed by atoms with Crippen LogP contribution in [0.2, 0.25) is 0 Å². The van der Waals surface area contributed by atoms with Gasteiger partial charge in [0.05, 0.1) is 5.70 Å². The van der Waals surface area contributed by atoms with Crippen LogP contribution in [0.1, 0.15) is 6.42 Å². The first-order valence-corrected chi connectivity index (χ1v) is 5.26. The van der Waals surface area contributed by atoms with Crippen molar-refractivity contribution in [1.82, 2.24) is 4.90 Å². The lowest BCUT2D eigenvalue weighted by Gasteiger charge is -2.15. The largest absolute Gasteiger partial charge is 0.370 e. The summed E-state index contributed by atoms with van der Waals surface area (Å²) in [5.74, 6) is -2.05. The highest BCUT2D eigenvalue weighted by Gasteiger charge is 2.20. The minimum absolute atomic E-state index is 0.404. The highest BCUT2D eigenvalue weighted by Crippen LogP contribution is 2.20. The Hall–Kier alpha value is -1.91. The number of carbonyl (C=O) groups excluding carboxylic acids is 1. The molecule has 0 atom stereocenters. The Morgan fingerprint density at radius 2 is 2.00 bits per heavy atom. The van der Waals surface area contributed by atoms with Gasteiger partial charge in [0.2, 0.25) is 0 Å². The molecular weight excluding hydrogens is 226 g/mol. The molecule has 1 aromatic carbocycles. The van der Waals surface area contributed by atoms with Gasteiger partial charge in [0.1, 0.15) is 17.3 Å². The number of hydrogen-bond acceptors (Lipinski definition) is 2. The van der Waals surface area contributed by atoms with Gasteiger partial charge in [0, 0.05) is 13.6 Å². The zero-order valence-electron chi connectivity index (χ0n) is 9.34. The monoisotopic (exact) mass is 238 g/mol. The highest BCUT2D eigenvalue weighted by molar-refractivity contribution is 6.03. The molecule has 90 valence electrons. The molecule has 1 amide bonds. The fourth-order valence-electron chi connectivity index (χ4n) is 1.73. The van der Waals surface area contributed by atoms with E-state index in [1.54, 1.807) is 18.0 Å². The maximum atomic E-state index is 13.3. The van der Waals surface area contributed by atoms with E-state index in [1.165, 1.54) is 6.07 Å². The number of benzene rings is 1. The number of para-hydroxylation sites is 1. The van der Waals surface area contributed by atoms with Gasteiger partial charge in [-0.3, -0.25) is 4.79 Å². The molecule has 0 aliphatic carbocycles. The van der Waals surface area contributed by atoms with Crippen LogP contribution in [0.3, 0.4) is 0 Å². The van der Waals surface area contributed by atoms with E-state index in [1.807, 2.05) is 0 Å². The number of halogens is 2. The van der Waals surface area contributed by atoms with Crippen LogP contribution in [-0.2, 0) is 4.79 Å². The van der Waals surface area contributed by atoms with E-state index in [0.717, 1.165) is 25.1 Å². The first-order chi connectivity index (χ1) is 8.09. The van der Waals surface area contributed by atoms with Crippen molar-refractivity contribution in [3.63, 3.8) is 0 Å². The third-order valence-corrected chi connectivity index (χ3v) is 2.65. The molecule has 17 heavy (non-hydrogen) atoms. The fraction of sp³-hybridized carbons (Fsp3) is 0.250. The highest BCUT2D eigenvalue weighted by atomic mass is 19.1. The second kappa shape index (κ2) is 4.53. The average Bonchev–Trinajstić information content (AvgIpc) is 2.70. The second-order valence-corrected chi connectivity index (χ2v) is 3.85. The van der Waals surface area contributed by atoms with Gasteiger partial charge in [0.15, 0.2) is 0 Å². The summed E-state index contributed by atoms with van der Waals surface area (Å²) in [5.41, 5.74) is 0.0337. The van der Waals surface area contributed by atoms with E-state index < -0.39 is 23.2 Å². The van der Waals surface area contributed by atoms with Crippen LogP contribution in [-0.4, -0.2) is 24.4 Å². The molecule has 0 fully saturated rings. The van der Waals surface area contributed by atoms with Gasteiger partial charge in [-0.05, 0) is 18.6 Å². The number of anilines is 1. The van der Waals surface area contributed by atoms with Crippen molar-refractivity contribution < 1.29 is 13.6 Å². The lowest BCUT2D eigenvalue weighted by atomic mass is 10.2. The summed E-state index contributed by atoms with van der Waals surface area (Å²) >= 11 is 0. The van der Waals surface area contributed by atoms with Gasteiger partial charge in [0.25, 0.3) is 5.91 Å². The molecule has 0 saturated heterocycles. The molecule has 3 nitrogen and oxygen atoms in total. The molecule has 0 unspecified atom stereocenters. The smallest absolute Gasteiger partial charge is 0.271 e. The zero-order chi connectivity index (χ0) is 12.4. The average molecular weight is 238 g/mol. The molecule has 1 heterocycles. The Bertz CT molecular complexity index is 465. The maximum Gasteiger partial charge on any atom is 0.271 e. The molecule has 0 aromatic heterocycles. The predicted octanol–water partition coefficient (Wildman–Crippen LogP) is 2.12. The lowest BCUT2D eigenvalue weighted by molar-refractivity contribution is -0.114. The molecule has 0 saturated carbocycles. The normalized spacial score (nSPS) is 14.8. The van der Waals surface area contributed by atoms with Crippen LogP contribution in [0, 0.1) is 11.6 Å². The van der Waals surface area contributed by atoms with Crippen molar-refractivity contribution in [2.45, 2.75) is 6.42 Å². The Kier molecular flexibility index (Phi) is 3.08. The van der Waals surface area contributed by atoms with Crippen LogP contribution < -0.4 is 5.32 Å². The van der Waals surface area contributed by atoms with Gasteiger partial charge in [-0.1, -0.05) is 12.1 Å². The number of hydrogen-bond donors (Lipinski definition) is 1. The van der Waals surface area contributed by atoms with Crippen LogP contribution in [0.25, 0.3) is 0 Å². The van der Waals surface area contributed by atoms with Gasteiger partial charge in [-0.2, -0.15) is 0 Å². The number of nitrogens with one attached hydrogen (secondary N) is 1. The third-order valence-electron chi connectivity index (χ3n) is 2.65. The van der Waals surface area contributed by atoms with E-state index in [4.69, 9.17) is 0 Å². The summed E-state index contributed by atoms with van der Waals surface area (Å²) in [4.78, 5) is 13.5. The SMILES string of the molecule is CN1CCC=C1C(=O)Nc1c(F)cccc1F. The van der Waals surface area contributed by atoms with Crippen LogP contribution in [0.4, 0.5) is 14.5 Å². The van der Waals surface area contributed by atoms with Gasteiger partial charge in [-0.25, -0.2) is 8.78 Å². The Morgan fingerprint density at radius 3 is 2.53 bits per heavy atom. The lowest BCUT2D eigenvalue weighted by Crippen LogP contribution is -2.25. The molecule has 5 heteroatoms. The van der Waals surface area contributed by atoms with Crippen LogP contribution in [0.5, 0.6) is 0 Å². The standard InChI is InChI=1S/C12H12F2N2O/c1-16-7-3-6-10(16)12(17)15-11-8(13)4-2-5-9(11)14/h2,4-6H,3,7H2,1H3,(H,15,17). The molecule has 2 rings (SSSR count). The van der Waals surface area contributed by atoms with Crippen molar-refractivity contribution in [2.75, 3.05) is 18.9 Å². The number of nitrogens with zero attached hydrogens (tertiary/aromatic N) is 1. The summed E-state index contributed by atoms with van der Waals surface area (Å²) in [7, 11) is 1.76. The number of carbonyl (C=O) groups is 1. The number of rotatable bonds is 2. The van der Waals surface area contributed by atoms with E-state index in [9.17, 15) is 13.6 Å². The minimum atomic E-state index is -0.778. The van der Waals surface area contributed by atoms with Gasteiger partial charge < -0.3 is 10.2 Å². The summed E-state index contributed by atoms with van der Waals surface area (Å²) in [6.45, 7) is 0.739. The Morgan fingerprint density at radius 1 is 1.35 bits per heavy atom. The molecular formula is C12H12F2N2O. The summed E-state index contributed by atoms with van der Waals surface area (Å²) in [6, 6.07) is 3.46. The predicted molar refractivity (Wildman–Crippen MR) is 60.3 cm³/mol. The van der Waals surface area contributed by atoms with Crippen molar-refractivity contribution in [2.24, 2.45) is 0 Å². The molecule has 0 bridgehead atoms. The second-order valence-electron chi connectivity index (χ2n) is 3.85. The van der Waals surface area contributed by atoms with Crippen LogP contribution >= 0.6 is 0 Å². The van der Waals surface area contributed by atoms with Gasteiger partial charge in [-0.15, -0.1) is 0 Å². The summed E-state index contributed by atoms with van der Waals surface area (Å²) in [6.07, 6.45) is 2.51. The summed E-state index contributed by atoms with van der Waals surface area (Å²) in [5, 5.41) is 2.25. The van der Waals surface area contributed by atoms with Crippen molar-refractivity contribution >= 4 is 11.6 Å². The maximum absolute atomic E-state index is 13.3. The molecule has 1 aliphatic rings. The molecule has 1 N–H and O–H groups in total. The fourth-order valence-corrected chi connectivity index (χ4v) is 1.73. The quantitative estimate of drug-likeness (QED) is 0.856. The number of likely N-dealkylation sites (N-methyl/N-ethyl adjacent to an activating group) is 1. The number of amides is 1. The summed E-state index contributed by atoms with van der Waals surface area (Å²) < 4.78 is 26.6. The first kappa shape index (κ1) is 11.6. The third kappa shape index (κ3) is 2.27. The zero-order valence-corrected chi connectivity index (χ0v) is 9.34. The van der Waals surface area contributed by atoms with E-state index in [2.05, 4.69) is 5.32 Å². The van der Waals surface area contributed by atoms with E-state index >= 15 is 0 Å². The van der Waals surface area contributed by atoms with Crippen molar-refractivity contribution in [1.29, 1.82) is 0 Å². The Balaban J connectivity index is 2.19. The molecule has 1 aliphatic heterocycles. The van der Waals surface area contributed by atoms with Crippen LogP contribution in [0.15, 0.2) is 30.0 Å². The van der Waals surface area contributed by atoms with Crippen molar-refractivity contribution in [3.05, 3.63) is 41.6 Å². The molecule has 1 aromatic rings. The Labute approximate surface area is 97.7 Å². The van der Waals surface area contributed by atoms with E-state index in [-0.39, 0.29) is 0 Å². The van der Waals surface area contributed by atoms with Gasteiger partial charge >= 0.3 is 0 Å².